The van der Waals surface area contributed by atoms with Gasteiger partial charge in [0.2, 0.25) is 0 Å². The van der Waals surface area contributed by atoms with Gasteiger partial charge in [0.25, 0.3) is 0 Å². The van der Waals surface area contributed by atoms with E-state index in [4.69, 9.17) is 13.9 Å². The number of aromatic nitrogens is 2. The van der Waals surface area contributed by atoms with Crippen LogP contribution in [0.3, 0.4) is 0 Å². The van der Waals surface area contributed by atoms with Crippen LogP contribution in [0.15, 0.2) is 47.3 Å². The summed E-state index contributed by atoms with van der Waals surface area (Å²) in [5.41, 5.74) is 1.42. The van der Waals surface area contributed by atoms with E-state index in [1.165, 1.54) is 13.5 Å². The van der Waals surface area contributed by atoms with Gasteiger partial charge in [-0.15, -0.1) is 0 Å². The predicted octanol–water partition coefficient (Wildman–Crippen LogP) is 2.90. The van der Waals surface area contributed by atoms with Crippen molar-refractivity contribution >= 4 is 17.5 Å². The van der Waals surface area contributed by atoms with Crippen LogP contribution in [0.2, 0.25) is 0 Å². The number of methoxy groups -OCH3 is 1. The van der Waals surface area contributed by atoms with E-state index in [1.54, 1.807) is 64.2 Å². The lowest BCUT2D eigenvalue weighted by atomic mass is 10.0. The first-order valence-electron chi connectivity index (χ1n) is 10.6. The lowest BCUT2D eigenvalue weighted by Gasteiger charge is -2.26. The van der Waals surface area contributed by atoms with Gasteiger partial charge in [-0.3, -0.25) is 9.59 Å². The van der Waals surface area contributed by atoms with Crippen molar-refractivity contribution in [1.82, 2.24) is 10.3 Å². The van der Waals surface area contributed by atoms with Gasteiger partial charge in [0.15, 0.2) is 23.5 Å². The fraction of sp³-hybridized carbons (Fsp3) is 0.333. The molecule has 3 aromatic rings. The number of carbonyl (C=O) groups is 2. The highest BCUT2D eigenvalue weighted by atomic mass is 16.5. The zero-order valence-electron chi connectivity index (χ0n) is 19.8. The van der Waals surface area contributed by atoms with Gasteiger partial charge in [-0.05, 0) is 26.0 Å². The highest BCUT2D eigenvalue weighted by Crippen LogP contribution is 2.32. The molecule has 10 nitrogen and oxygen atoms in total. The lowest BCUT2D eigenvalue weighted by molar-refractivity contribution is -0.619. The molecule has 180 valence electrons. The Bertz CT molecular complexity index is 1150. The molecule has 10 heteroatoms. The summed E-state index contributed by atoms with van der Waals surface area (Å²) < 4.78 is 17.2. The lowest BCUT2D eigenvalue weighted by Crippen LogP contribution is -2.48. The third-order valence-corrected chi connectivity index (χ3v) is 5.15. The fourth-order valence-corrected chi connectivity index (χ4v) is 3.29. The van der Waals surface area contributed by atoms with E-state index in [2.05, 4.69) is 15.6 Å². The number of rotatable bonds is 8. The second-order valence-corrected chi connectivity index (χ2v) is 8.44. The van der Waals surface area contributed by atoms with E-state index in [0.717, 1.165) is 4.73 Å². The average Bonchev–Trinajstić information content (AvgIpc) is 3.31. The van der Waals surface area contributed by atoms with E-state index >= 15 is 0 Å². The quantitative estimate of drug-likeness (QED) is 0.295. The summed E-state index contributed by atoms with van der Waals surface area (Å²) >= 11 is 0. The van der Waals surface area contributed by atoms with E-state index < -0.39 is 17.4 Å². The minimum atomic E-state index is -0.808. The van der Waals surface area contributed by atoms with Gasteiger partial charge in [-0.25, -0.2) is 4.98 Å². The summed E-state index contributed by atoms with van der Waals surface area (Å²) in [5.74, 6) is -0.0321. The van der Waals surface area contributed by atoms with Crippen molar-refractivity contribution in [2.75, 3.05) is 19.0 Å². The van der Waals surface area contributed by atoms with Crippen LogP contribution < -0.4 is 24.8 Å². The zero-order chi connectivity index (χ0) is 24.9. The molecule has 0 atom stereocenters. The molecule has 1 aromatic carbocycles. The van der Waals surface area contributed by atoms with Crippen LogP contribution in [-0.2, 0) is 9.59 Å². The third kappa shape index (κ3) is 6.03. The monoisotopic (exact) mass is 468 g/mol. The van der Waals surface area contributed by atoms with E-state index in [0.29, 0.717) is 46.3 Å². The predicted molar refractivity (Wildman–Crippen MR) is 124 cm³/mol. The molecule has 0 unspecified atom stereocenters. The largest absolute Gasteiger partial charge is 0.618 e. The number of ether oxygens (including phenoxy) is 2. The standard InChI is InChI=1S/C24H28N4O6/c1-15-10-18(11-16(2)28(15)31)33-9-8-24(3,4)27-23(30)22(29)26-17-6-7-19(20(12-17)32-5)21-13-25-14-34-21/h6-7,10-14H,8-9H2,1-5H3,(H,26,29)(H,27,30). The maximum Gasteiger partial charge on any atom is 0.313 e. The Morgan fingerprint density at radius 1 is 1.15 bits per heavy atom. The molecule has 0 spiro atoms. The van der Waals surface area contributed by atoms with Crippen molar-refractivity contribution in [2.24, 2.45) is 0 Å². The van der Waals surface area contributed by atoms with Crippen LogP contribution in [-0.4, -0.2) is 36.1 Å². The molecular formula is C24H28N4O6. The van der Waals surface area contributed by atoms with Gasteiger partial charge in [-0.2, -0.15) is 4.73 Å². The normalized spacial score (nSPS) is 11.1. The highest BCUT2D eigenvalue weighted by Gasteiger charge is 2.25. The molecule has 2 amide bonds. The van der Waals surface area contributed by atoms with Crippen molar-refractivity contribution < 1.29 is 28.2 Å². The molecule has 2 aromatic heterocycles. The topological polar surface area (TPSA) is 130 Å². The SMILES string of the molecule is COc1cc(NC(=O)C(=O)NC(C)(C)CCOc2cc(C)[n+]([O-])c(C)c2)ccc1-c1cnco1. The summed E-state index contributed by atoms with van der Waals surface area (Å²) in [6.07, 6.45) is 3.30. The number of aryl methyl sites for hydroxylation is 2. The number of pyridine rings is 1. The van der Waals surface area contributed by atoms with Gasteiger partial charge >= 0.3 is 11.8 Å². The molecule has 0 saturated carbocycles. The van der Waals surface area contributed by atoms with Crippen LogP contribution >= 0.6 is 0 Å². The van der Waals surface area contributed by atoms with Crippen LogP contribution in [0.25, 0.3) is 11.3 Å². The Kier molecular flexibility index (Phi) is 7.40. The first kappa shape index (κ1) is 24.6. The zero-order valence-corrected chi connectivity index (χ0v) is 19.8. The summed E-state index contributed by atoms with van der Waals surface area (Å²) in [6, 6.07) is 8.24. The summed E-state index contributed by atoms with van der Waals surface area (Å²) in [5, 5.41) is 17.0. The van der Waals surface area contributed by atoms with Gasteiger partial charge in [-0.1, -0.05) is 0 Å². The summed E-state index contributed by atoms with van der Waals surface area (Å²) in [6.45, 7) is 7.28. The van der Waals surface area contributed by atoms with Crippen LogP contribution in [0.5, 0.6) is 11.5 Å². The highest BCUT2D eigenvalue weighted by molar-refractivity contribution is 6.39. The van der Waals surface area contributed by atoms with E-state index in [1.807, 2.05) is 0 Å². The number of nitrogens with one attached hydrogen (secondary N) is 2. The van der Waals surface area contributed by atoms with Crippen molar-refractivity contribution in [3.05, 3.63) is 59.5 Å². The number of oxazole rings is 1. The maximum absolute atomic E-state index is 12.5. The first-order valence-corrected chi connectivity index (χ1v) is 10.6. The molecular weight excluding hydrogens is 440 g/mol. The van der Waals surface area contributed by atoms with Crippen molar-refractivity contribution in [2.45, 2.75) is 39.7 Å². The van der Waals surface area contributed by atoms with E-state index in [-0.39, 0.29) is 6.61 Å². The molecule has 0 radical (unpaired) electrons. The second-order valence-electron chi connectivity index (χ2n) is 8.44. The molecule has 0 fully saturated rings. The molecule has 3 rings (SSSR count). The molecule has 0 saturated heterocycles. The fourth-order valence-electron chi connectivity index (χ4n) is 3.29. The number of benzene rings is 1. The third-order valence-electron chi connectivity index (χ3n) is 5.15. The van der Waals surface area contributed by atoms with Crippen molar-refractivity contribution in [3.63, 3.8) is 0 Å². The van der Waals surface area contributed by atoms with Crippen LogP contribution in [0.4, 0.5) is 5.69 Å². The molecule has 0 bridgehead atoms. The smallest absolute Gasteiger partial charge is 0.313 e. The molecule has 0 aliphatic carbocycles. The van der Waals surface area contributed by atoms with E-state index in [9.17, 15) is 14.8 Å². The summed E-state index contributed by atoms with van der Waals surface area (Å²) in [7, 11) is 1.49. The molecule has 0 aliphatic rings. The Balaban J connectivity index is 1.55. The minimum Gasteiger partial charge on any atom is -0.618 e. The summed E-state index contributed by atoms with van der Waals surface area (Å²) in [4.78, 5) is 28.8. The molecule has 0 aliphatic heterocycles. The van der Waals surface area contributed by atoms with Gasteiger partial charge in [0.1, 0.15) is 11.5 Å². The first-order chi connectivity index (χ1) is 16.1. The molecule has 2 N–H and O–H groups in total. The Morgan fingerprint density at radius 2 is 1.85 bits per heavy atom. The van der Waals surface area contributed by atoms with Crippen LogP contribution in [0.1, 0.15) is 31.7 Å². The minimum absolute atomic E-state index is 0.289. The Hall–Kier alpha value is -4.08. The van der Waals surface area contributed by atoms with Crippen LogP contribution in [0, 0.1) is 19.1 Å². The van der Waals surface area contributed by atoms with Crippen molar-refractivity contribution in [1.29, 1.82) is 0 Å². The molecule has 2 heterocycles. The molecule has 34 heavy (non-hydrogen) atoms. The Morgan fingerprint density at radius 3 is 2.47 bits per heavy atom. The van der Waals surface area contributed by atoms with Gasteiger partial charge < -0.3 is 29.7 Å². The Labute approximate surface area is 197 Å². The van der Waals surface area contributed by atoms with Crippen molar-refractivity contribution in [3.8, 4) is 22.8 Å². The second kappa shape index (κ2) is 10.2. The number of amides is 2. The van der Waals surface area contributed by atoms with Gasteiger partial charge in [0.05, 0.1) is 25.5 Å². The maximum atomic E-state index is 12.5. The van der Waals surface area contributed by atoms with Gasteiger partial charge in [0, 0.05) is 49.7 Å². The average molecular weight is 469 g/mol. The number of nitrogens with zero attached hydrogens (tertiary/aromatic N) is 2. The number of anilines is 1. The number of carbonyl (C=O) groups excluding carboxylic acids is 2. The number of hydrogen-bond donors (Lipinski definition) is 2. The number of hydrogen-bond acceptors (Lipinski definition) is 7.